The van der Waals surface area contributed by atoms with Gasteiger partial charge in [-0.2, -0.15) is 0 Å². The van der Waals surface area contributed by atoms with E-state index in [4.69, 9.17) is 9.47 Å². The van der Waals surface area contributed by atoms with E-state index in [1.165, 1.54) is 10.8 Å². The number of hydrogen-bond donors (Lipinski definition) is 0. The second-order valence-electron chi connectivity index (χ2n) is 8.02. The second kappa shape index (κ2) is 10.6. The third kappa shape index (κ3) is 5.66. The topological polar surface area (TPSA) is 72.9 Å². The molecule has 3 aromatic carbocycles. The molecule has 0 spiro atoms. The first-order chi connectivity index (χ1) is 16.4. The first-order valence-corrected chi connectivity index (χ1v) is 11.9. The number of ether oxygens (including phenoxy) is 2. The van der Waals surface area contributed by atoms with Crippen molar-refractivity contribution in [2.45, 2.75) is 33.0 Å². The number of nitrogens with zero attached hydrogens (tertiary/aromatic N) is 1. The Bertz CT molecular complexity index is 1250. The van der Waals surface area contributed by atoms with Crippen LogP contribution in [-0.4, -0.2) is 34.7 Å². The van der Waals surface area contributed by atoms with Gasteiger partial charge in [-0.25, -0.2) is 0 Å². The Hall–Kier alpha value is -3.58. The van der Waals surface area contributed by atoms with Gasteiger partial charge in [0.1, 0.15) is 18.9 Å². The fraction of sp³-hybridized carbons (Fsp3) is 0.222. The number of carbonyl (C=O) groups excluding carboxylic acids is 3. The molecule has 3 aromatic rings. The van der Waals surface area contributed by atoms with Crippen LogP contribution in [0, 0.1) is 0 Å². The maximum atomic E-state index is 12.6. The molecule has 0 aromatic heterocycles. The molecule has 174 valence electrons. The van der Waals surface area contributed by atoms with E-state index < -0.39 is 17.1 Å². The van der Waals surface area contributed by atoms with E-state index in [1.54, 1.807) is 13.0 Å². The summed E-state index contributed by atoms with van der Waals surface area (Å²) in [7, 11) is 0. The summed E-state index contributed by atoms with van der Waals surface area (Å²) in [4.78, 5) is 38.0. The summed E-state index contributed by atoms with van der Waals surface area (Å²) in [6.07, 6.45) is 2.04. The molecule has 7 heteroatoms. The number of imide groups is 1. The molecule has 34 heavy (non-hydrogen) atoms. The van der Waals surface area contributed by atoms with Crippen LogP contribution < -0.4 is 4.74 Å². The van der Waals surface area contributed by atoms with E-state index in [0.29, 0.717) is 18.8 Å². The summed E-state index contributed by atoms with van der Waals surface area (Å²) >= 11 is 0.815. The molecule has 0 aliphatic carbocycles. The summed E-state index contributed by atoms with van der Waals surface area (Å²) < 4.78 is 11.1. The lowest BCUT2D eigenvalue weighted by molar-refractivity contribution is -0.150. The van der Waals surface area contributed by atoms with E-state index in [1.807, 2.05) is 49.4 Å². The molecule has 1 aliphatic rings. The lowest BCUT2D eigenvalue weighted by Gasteiger charge is -2.14. The van der Waals surface area contributed by atoms with Crippen molar-refractivity contribution >= 4 is 45.7 Å². The molecule has 2 amide bonds. The van der Waals surface area contributed by atoms with Gasteiger partial charge in [0, 0.05) is 0 Å². The Morgan fingerprint density at radius 2 is 1.76 bits per heavy atom. The SMILES string of the molecule is CC[C@@H](C)OC(=O)CN1C(=O)S/C(=C\c2ccc(OCc3ccc4ccccc4c3)cc2)C1=O. The minimum absolute atomic E-state index is 0.259. The van der Waals surface area contributed by atoms with E-state index >= 15 is 0 Å². The maximum absolute atomic E-state index is 12.6. The van der Waals surface area contributed by atoms with Gasteiger partial charge in [0.05, 0.1) is 11.0 Å². The third-order valence-electron chi connectivity index (χ3n) is 5.47. The average molecular weight is 476 g/mol. The second-order valence-corrected chi connectivity index (χ2v) is 9.01. The van der Waals surface area contributed by atoms with E-state index in [-0.39, 0.29) is 17.6 Å². The zero-order chi connectivity index (χ0) is 24.1. The Kier molecular flexibility index (Phi) is 7.33. The summed E-state index contributed by atoms with van der Waals surface area (Å²) in [5, 5.41) is 1.88. The monoisotopic (exact) mass is 475 g/mol. The van der Waals surface area contributed by atoms with Crippen LogP contribution >= 0.6 is 11.8 Å². The first-order valence-electron chi connectivity index (χ1n) is 11.1. The van der Waals surface area contributed by atoms with Crippen LogP contribution in [0.3, 0.4) is 0 Å². The van der Waals surface area contributed by atoms with Crippen LogP contribution in [0.15, 0.2) is 71.6 Å². The summed E-state index contributed by atoms with van der Waals surface area (Å²) in [6.45, 7) is 3.71. The molecule has 1 fully saturated rings. The van der Waals surface area contributed by atoms with Crippen LogP contribution in [0.2, 0.25) is 0 Å². The van der Waals surface area contributed by atoms with Crippen LogP contribution in [0.5, 0.6) is 5.75 Å². The molecular formula is C27H25NO5S. The molecule has 1 saturated heterocycles. The van der Waals surface area contributed by atoms with Gasteiger partial charge in [0.15, 0.2) is 0 Å². The van der Waals surface area contributed by atoms with Gasteiger partial charge in [-0.15, -0.1) is 0 Å². The van der Waals surface area contributed by atoms with E-state index in [0.717, 1.165) is 27.8 Å². The van der Waals surface area contributed by atoms with Gasteiger partial charge in [-0.3, -0.25) is 19.3 Å². The van der Waals surface area contributed by atoms with Gasteiger partial charge >= 0.3 is 5.97 Å². The third-order valence-corrected chi connectivity index (χ3v) is 6.37. The van der Waals surface area contributed by atoms with Gasteiger partial charge < -0.3 is 9.47 Å². The zero-order valence-corrected chi connectivity index (χ0v) is 19.8. The van der Waals surface area contributed by atoms with Crippen molar-refractivity contribution in [1.29, 1.82) is 0 Å². The molecule has 0 unspecified atom stereocenters. The Morgan fingerprint density at radius 3 is 2.50 bits per heavy atom. The molecule has 1 atom stereocenters. The summed E-state index contributed by atoms with van der Waals surface area (Å²) in [5.41, 5.74) is 1.83. The van der Waals surface area contributed by atoms with E-state index in [2.05, 4.69) is 24.3 Å². The van der Waals surface area contributed by atoms with Crippen LogP contribution in [-0.2, 0) is 20.9 Å². The predicted octanol–water partition coefficient (Wildman–Crippen LogP) is 5.80. The number of hydrogen-bond acceptors (Lipinski definition) is 6. The van der Waals surface area contributed by atoms with Crippen LogP contribution in [0.4, 0.5) is 4.79 Å². The van der Waals surface area contributed by atoms with Crippen molar-refractivity contribution < 1.29 is 23.9 Å². The number of carbonyl (C=O) groups is 3. The Morgan fingerprint density at radius 1 is 1.03 bits per heavy atom. The van der Waals surface area contributed by atoms with Crippen molar-refractivity contribution in [3.8, 4) is 5.75 Å². The lowest BCUT2D eigenvalue weighted by atomic mass is 10.1. The molecule has 1 heterocycles. The van der Waals surface area contributed by atoms with E-state index in [9.17, 15) is 14.4 Å². The fourth-order valence-electron chi connectivity index (χ4n) is 3.42. The zero-order valence-electron chi connectivity index (χ0n) is 19.0. The van der Waals surface area contributed by atoms with Crippen molar-refractivity contribution in [3.05, 3.63) is 82.8 Å². The quantitative estimate of drug-likeness (QED) is 0.303. The first kappa shape index (κ1) is 23.6. The molecule has 0 saturated carbocycles. The predicted molar refractivity (Wildman–Crippen MR) is 133 cm³/mol. The van der Waals surface area contributed by atoms with Gasteiger partial charge in [-0.05, 0) is 71.3 Å². The van der Waals surface area contributed by atoms with Crippen molar-refractivity contribution in [1.82, 2.24) is 4.90 Å². The van der Waals surface area contributed by atoms with Crippen molar-refractivity contribution in [2.24, 2.45) is 0 Å². The molecule has 0 N–H and O–H groups in total. The highest BCUT2D eigenvalue weighted by Gasteiger charge is 2.36. The smallest absolute Gasteiger partial charge is 0.326 e. The minimum Gasteiger partial charge on any atom is -0.489 e. The molecule has 1 aliphatic heterocycles. The molecule has 0 radical (unpaired) electrons. The number of esters is 1. The standard InChI is InChI=1S/C27H25NO5S/c1-3-18(2)33-25(29)16-28-26(30)24(34-27(28)31)15-19-9-12-23(13-10-19)32-17-20-8-11-21-6-4-5-7-22(21)14-20/h4-15,18H,3,16-17H2,1-2H3/b24-15-/t18-/m1/s1. The van der Waals surface area contributed by atoms with Gasteiger partial charge in [0.25, 0.3) is 11.1 Å². The summed E-state index contributed by atoms with van der Waals surface area (Å²) in [6, 6.07) is 21.7. The minimum atomic E-state index is -0.592. The van der Waals surface area contributed by atoms with Crippen LogP contribution in [0.25, 0.3) is 16.8 Å². The number of rotatable bonds is 8. The fourth-order valence-corrected chi connectivity index (χ4v) is 4.26. The van der Waals surface area contributed by atoms with Crippen molar-refractivity contribution in [3.63, 3.8) is 0 Å². The Labute approximate surface area is 202 Å². The molecular weight excluding hydrogens is 450 g/mol. The average Bonchev–Trinajstić information content (AvgIpc) is 3.10. The number of thioether (sulfide) groups is 1. The van der Waals surface area contributed by atoms with Crippen molar-refractivity contribution in [2.75, 3.05) is 6.54 Å². The molecule has 6 nitrogen and oxygen atoms in total. The molecule has 0 bridgehead atoms. The largest absolute Gasteiger partial charge is 0.489 e. The highest BCUT2D eigenvalue weighted by molar-refractivity contribution is 8.18. The Balaban J connectivity index is 1.36. The molecule has 4 rings (SSSR count). The number of amides is 2. The lowest BCUT2D eigenvalue weighted by Crippen LogP contribution is -2.35. The van der Waals surface area contributed by atoms with Gasteiger partial charge in [0.2, 0.25) is 0 Å². The highest BCUT2D eigenvalue weighted by Crippen LogP contribution is 2.32. The van der Waals surface area contributed by atoms with Gasteiger partial charge in [-0.1, -0.05) is 55.5 Å². The summed E-state index contributed by atoms with van der Waals surface area (Å²) in [5.74, 6) is -0.384. The maximum Gasteiger partial charge on any atom is 0.326 e. The number of fused-ring (bicyclic) bond motifs is 1. The normalized spacial score (nSPS) is 15.7. The van der Waals surface area contributed by atoms with Crippen LogP contribution in [0.1, 0.15) is 31.4 Å². The highest BCUT2D eigenvalue weighted by atomic mass is 32.2. The number of benzene rings is 3.